The second-order valence-corrected chi connectivity index (χ2v) is 6.43. The molecule has 1 N–H and O–H groups in total. The average Bonchev–Trinajstić information content (AvgIpc) is 2.72. The van der Waals surface area contributed by atoms with E-state index < -0.39 is 0 Å². The molecule has 2 aromatic rings. The molecule has 0 fully saturated rings. The minimum Gasteiger partial charge on any atom is -0.496 e. The maximum atomic E-state index is 9.04. The number of benzene rings is 2. The smallest absolute Gasteiger partial charge is 0.203 e. The average molecular weight is 374 g/mol. The Bertz CT molecular complexity index is 716. The summed E-state index contributed by atoms with van der Waals surface area (Å²) in [6.45, 7) is 2.36. The van der Waals surface area contributed by atoms with Crippen molar-refractivity contribution in [2.75, 3.05) is 35.0 Å². The van der Waals surface area contributed by atoms with Crippen molar-refractivity contribution in [3.05, 3.63) is 47.0 Å². The highest BCUT2D eigenvalue weighted by atomic mass is 16.5. The van der Waals surface area contributed by atoms with Crippen molar-refractivity contribution in [3.63, 3.8) is 0 Å². The minimum atomic E-state index is 0.140. The third-order valence-electron chi connectivity index (χ3n) is 4.85. The Morgan fingerprint density at radius 3 is 1.93 bits per heavy atom. The van der Waals surface area contributed by atoms with Gasteiger partial charge in [0.1, 0.15) is 5.75 Å². The quantitative estimate of drug-likeness (QED) is 0.632. The molecular weight excluding hydrogens is 344 g/mol. The van der Waals surface area contributed by atoms with Gasteiger partial charge in [-0.3, -0.25) is 0 Å². The molecule has 0 bridgehead atoms. The van der Waals surface area contributed by atoms with Gasteiger partial charge in [0.15, 0.2) is 11.5 Å². The first-order valence-electron chi connectivity index (χ1n) is 9.17. The Labute approximate surface area is 161 Å². The Morgan fingerprint density at radius 1 is 0.778 bits per heavy atom. The molecule has 0 spiro atoms. The highest BCUT2D eigenvalue weighted by Crippen LogP contribution is 2.41. The molecule has 5 nitrogen and oxygen atoms in total. The third-order valence-corrected chi connectivity index (χ3v) is 4.85. The largest absolute Gasteiger partial charge is 0.496 e. The first kappa shape index (κ1) is 20.9. The Kier molecular flexibility index (Phi) is 7.80. The molecule has 5 heteroatoms. The van der Waals surface area contributed by atoms with E-state index in [2.05, 4.69) is 19.1 Å². The summed E-state index contributed by atoms with van der Waals surface area (Å²) in [5.74, 6) is 2.91. The molecule has 2 aromatic carbocycles. The number of rotatable bonds is 10. The standard InChI is InChI=1S/C22H30O5/c1-15(18-13-20(25-3)22(27-5)21(14-18)26-4)16-9-10-19(24-2)17(12-16)8-6-7-11-23/h9-10,12-15,23H,6-8,11H2,1-5H3. The van der Waals surface area contributed by atoms with E-state index in [1.165, 1.54) is 5.56 Å². The van der Waals surface area contributed by atoms with Gasteiger partial charge in [0, 0.05) is 12.5 Å². The summed E-state index contributed by atoms with van der Waals surface area (Å²) in [5, 5.41) is 9.04. The summed E-state index contributed by atoms with van der Waals surface area (Å²) in [4.78, 5) is 0. The monoisotopic (exact) mass is 374 g/mol. The zero-order chi connectivity index (χ0) is 19.8. The lowest BCUT2D eigenvalue weighted by molar-refractivity contribution is 0.284. The molecule has 0 saturated carbocycles. The van der Waals surface area contributed by atoms with E-state index in [-0.39, 0.29) is 12.5 Å². The van der Waals surface area contributed by atoms with Crippen molar-refractivity contribution >= 4 is 0 Å². The van der Waals surface area contributed by atoms with Gasteiger partial charge in [0.25, 0.3) is 0 Å². The molecular formula is C22H30O5. The van der Waals surface area contributed by atoms with Gasteiger partial charge in [-0.25, -0.2) is 0 Å². The molecule has 0 aliphatic heterocycles. The fourth-order valence-corrected chi connectivity index (χ4v) is 3.23. The number of methoxy groups -OCH3 is 4. The maximum absolute atomic E-state index is 9.04. The number of aliphatic hydroxyl groups is 1. The van der Waals surface area contributed by atoms with Crippen LogP contribution >= 0.6 is 0 Å². The fraction of sp³-hybridized carbons (Fsp3) is 0.455. The van der Waals surface area contributed by atoms with Gasteiger partial charge < -0.3 is 24.1 Å². The molecule has 0 saturated heterocycles. The first-order chi connectivity index (χ1) is 13.1. The van der Waals surface area contributed by atoms with E-state index in [0.717, 1.165) is 36.1 Å². The number of ether oxygens (including phenoxy) is 4. The third kappa shape index (κ3) is 4.86. The zero-order valence-electron chi connectivity index (χ0n) is 16.9. The van der Waals surface area contributed by atoms with Gasteiger partial charge in [-0.15, -0.1) is 0 Å². The molecule has 148 valence electrons. The van der Waals surface area contributed by atoms with Crippen LogP contribution in [0.1, 0.15) is 42.4 Å². The van der Waals surface area contributed by atoms with Gasteiger partial charge in [0.05, 0.1) is 28.4 Å². The second-order valence-electron chi connectivity index (χ2n) is 6.43. The summed E-state index contributed by atoms with van der Waals surface area (Å²) in [5.41, 5.74) is 3.42. The number of unbranched alkanes of at least 4 members (excludes halogenated alkanes) is 1. The lowest BCUT2D eigenvalue weighted by atomic mass is 9.90. The van der Waals surface area contributed by atoms with Crippen molar-refractivity contribution in [3.8, 4) is 23.0 Å². The fourth-order valence-electron chi connectivity index (χ4n) is 3.23. The van der Waals surface area contributed by atoms with Gasteiger partial charge in [-0.2, -0.15) is 0 Å². The van der Waals surface area contributed by atoms with Gasteiger partial charge in [-0.1, -0.05) is 19.1 Å². The van der Waals surface area contributed by atoms with Crippen LogP contribution < -0.4 is 18.9 Å². The predicted molar refractivity (Wildman–Crippen MR) is 107 cm³/mol. The topological polar surface area (TPSA) is 57.2 Å². The normalized spacial score (nSPS) is 11.8. The summed E-state index contributed by atoms with van der Waals surface area (Å²) in [7, 11) is 6.54. The molecule has 2 rings (SSSR count). The first-order valence-corrected chi connectivity index (χ1v) is 9.17. The van der Waals surface area contributed by atoms with Crippen LogP contribution in [0.15, 0.2) is 30.3 Å². The summed E-state index contributed by atoms with van der Waals surface area (Å²) in [6.07, 6.45) is 2.59. The van der Waals surface area contributed by atoms with Crippen molar-refractivity contribution < 1.29 is 24.1 Å². The molecule has 0 aliphatic rings. The van der Waals surface area contributed by atoms with Crippen LogP contribution in [0.5, 0.6) is 23.0 Å². The predicted octanol–water partition coefficient (Wildman–Crippen LogP) is 4.19. The van der Waals surface area contributed by atoms with Crippen LogP contribution in [0.3, 0.4) is 0 Å². The molecule has 0 aliphatic carbocycles. The van der Waals surface area contributed by atoms with Crippen molar-refractivity contribution in [1.29, 1.82) is 0 Å². The molecule has 0 radical (unpaired) electrons. The molecule has 1 atom stereocenters. The van der Waals surface area contributed by atoms with Crippen LogP contribution in [0, 0.1) is 0 Å². The lowest BCUT2D eigenvalue weighted by Gasteiger charge is -2.19. The minimum absolute atomic E-state index is 0.140. The molecule has 0 aromatic heterocycles. The summed E-state index contributed by atoms with van der Waals surface area (Å²) < 4.78 is 21.9. The Morgan fingerprint density at radius 2 is 1.41 bits per heavy atom. The van der Waals surface area contributed by atoms with E-state index in [9.17, 15) is 0 Å². The number of aryl methyl sites for hydroxylation is 1. The van der Waals surface area contributed by atoms with E-state index in [4.69, 9.17) is 24.1 Å². The van der Waals surface area contributed by atoms with E-state index in [1.807, 2.05) is 18.2 Å². The van der Waals surface area contributed by atoms with E-state index in [1.54, 1.807) is 28.4 Å². The zero-order valence-corrected chi connectivity index (χ0v) is 16.9. The second kappa shape index (κ2) is 10.1. The van der Waals surface area contributed by atoms with Crippen molar-refractivity contribution in [2.24, 2.45) is 0 Å². The van der Waals surface area contributed by atoms with E-state index >= 15 is 0 Å². The SMILES string of the molecule is COc1ccc(C(C)c2cc(OC)c(OC)c(OC)c2)cc1CCCCO. The van der Waals surface area contributed by atoms with Crippen LogP contribution in [0.4, 0.5) is 0 Å². The van der Waals surface area contributed by atoms with Crippen LogP contribution in [0.2, 0.25) is 0 Å². The maximum Gasteiger partial charge on any atom is 0.203 e. The molecule has 0 heterocycles. The van der Waals surface area contributed by atoms with Crippen molar-refractivity contribution in [1.82, 2.24) is 0 Å². The lowest BCUT2D eigenvalue weighted by Crippen LogP contribution is -2.02. The molecule has 27 heavy (non-hydrogen) atoms. The highest BCUT2D eigenvalue weighted by Gasteiger charge is 2.18. The van der Waals surface area contributed by atoms with Crippen LogP contribution in [-0.4, -0.2) is 40.2 Å². The number of hydrogen-bond acceptors (Lipinski definition) is 5. The van der Waals surface area contributed by atoms with Crippen molar-refractivity contribution in [2.45, 2.75) is 32.1 Å². The van der Waals surface area contributed by atoms with Crippen LogP contribution in [-0.2, 0) is 6.42 Å². The van der Waals surface area contributed by atoms with Gasteiger partial charge in [0.2, 0.25) is 5.75 Å². The molecule has 0 amide bonds. The summed E-state index contributed by atoms with van der Waals surface area (Å²) >= 11 is 0. The summed E-state index contributed by atoms with van der Waals surface area (Å²) in [6, 6.07) is 10.3. The highest BCUT2D eigenvalue weighted by molar-refractivity contribution is 5.55. The Balaban J connectivity index is 2.39. The Hall–Kier alpha value is -2.40. The van der Waals surface area contributed by atoms with Gasteiger partial charge in [-0.05, 0) is 54.2 Å². The molecule has 1 unspecified atom stereocenters. The van der Waals surface area contributed by atoms with E-state index in [0.29, 0.717) is 17.2 Å². The number of hydrogen-bond donors (Lipinski definition) is 1. The van der Waals surface area contributed by atoms with Gasteiger partial charge >= 0.3 is 0 Å². The van der Waals surface area contributed by atoms with Crippen LogP contribution in [0.25, 0.3) is 0 Å². The number of aliphatic hydroxyl groups excluding tert-OH is 1.